The second kappa shape index (κ2) is 4.73. The van der Waals surface area contributed by atoms with Crippen molar-refractivity contribution in [2.24, 2.45) is 0 Å². The van der Waals surface area contributed by atoms with E-state index in [4.69, 9.17) is 10.5 Å². The number of amides is 1. The fourth-order valence-corrected chi connectivity index (χ4v) is 1.01. The number of halogens is 1. The summed E-state index contributed by atoms with van der Waals surface area (Å²) in [7, 11) is 0. The van der Waals surface area contributed by atoms with Crippen LogP contribution in [0.3, 0.4) is 0 Å². The summed E-state index contributed by atoms with van der Waals surface area (Å²) in [4.78, 5) is 11.0. The number of nitriles is 2. The fourth-order valence-electron chi connectivity index (χ4n) is 1.01. The van der Waals surface area contributed by atoms with Gasteiger partial charge in [0.15, 0.2) is 0 Å². The Kier molecular flexibility index (Phi) is 3.37. The molecule has 1 aromatic carbocycles. The third kappa shape index (κ3) is 2.52. The maximum Gasteiger partial charge on any atom is 0.238 e. The molecule has 0 aliphatic heterocycles. The summed E-state index contributed by atoms with van der Waals surface area (Å²) in [5.41, 5.74) is -0.151. The fraction of sp³-hybridized carbons (Fsp3) is 0.100. The number of carbonyl (C=O) groups excluding carboxylic acids is 1. The van der Waals surface area contributed by atoms with E-state index in [9.17, 15) is 9.18 Å². The van der Waals surface area contributed by atoms with Crippen molar-refractivity contribution in [2.45, 2.75) is 6.42 Å². The van der Waals surface area contributed by atoms with Gasteiger partial charge in [-0.25, -0.2) is 4.39 Å². The van der Waals surface area contributed by atoms with Crippen molar-refractivity contribution in [3.05, 3.63) is 29.6 Å². The normalized spacial score (nSPS) is 8.73. The first-order valence-electron chi connectivity index (χ1n) is 4.04. The summed E-state index contributed by atoms with van der Waals surface area (Å²) < 4.78 is 13.0. The van der Waals surface area contributed by atoms with Crippen LogP contribution in [0.25, 0.3) is 0 Å². The van der Waals surface area contributed by atoms with Crippen LogP contribution in [0.4, 0.5) is 10.1 Å². The quantitative estimate of drug-likeness (QED) is 0.792. The summed E-state index contributed by atoms with van der Waals surface area (Å²) in [6, 6.07) is 7.19. The smallest absolute Gasteiger partial charge is 0.238 e. The minimum Gasteiger partial charge on any atom is -0.324 e. The number of anilines is 1. The largest absolute Gasteiger partial charge is 0.324 e. The Hall–Kier alpha value is -2.40. The van der Waals surface area contributed by atoms with Gasteiger partial charge in [0.25, 0.3) is 0 Å². The molecule has 0 bridgehead atoms. The van der Waals surface area contributed by atoms with Gasteiger partial charge in [-0.2, -0.15) is 10.5 Å². The molecule has 1 amide bonds. The van der Waals surface area contributed by atoms with Crippen LogP contribution in [0, 0.1) is 28.5 Å². The molecule has 0 aliphatic rings. The Morgan fingerprint density at radius 2 is 2.20 bits per heavy atom. The lowest BCUT2D eigenvalue weighted by molar-refractivity contribution is -0.115. The van der Waals surface area contributed by atoms with Gasteiger partial charge in [-0.15, -0.1) is 0 Å². The highest BCUT2D eigenvalue weighted by Crippen LogP contribution is 2.17. The molecule has 0 aromatic heterocycles. The molecule has 0 atom stereocenters. The van der Waals surface area contributed by atoms with Crippen molar-refractivity contribution in [3.63, 3.8) is 0 Å². The van der Waals surface area contributed by atoms with Gasteiger partial charge < -0.3 is 5.32 Å². The molecule has 0 saturated carbocycles. The van der Waals surface area contributed by atoms with Crippen LogP contribution in [0.5, 0.6) is 0 Å². The predicted octanol–water partition coefficient (Wildman–Crippen LogP) is 1.55. The first-order valence-corrected chi connectivity index (χ1v) is 4.04. The van der Waals surface area contributed by atoms with E-state index in [-0.39, 0.29) is 17.7 Å². The third-order valence-corrected chi connectivity index (χ3v) is 1.64. The van der Waals surface area contributed by atoms with E-state index >= 15 is 0 Å². The zero-order valence-electron chi connectivity index (χ0n) is 7.62. The predicted molar refractivity (Wildman–Crippen MR) is 50.0 cm³/mol. The number of nitrogens with one attached hydrogen (secondary N) is 1. The van der Waals surface area contributed by atoms with Gasteiger partial charge in [-0.3, -0.25) is 4.79 Å². The molecule has 1 rings (SSSR count). The maximum absolute atomic E-state index is 13.0. The van der Waals surface area contributed by atoms with Crippen LogP contribution in [-0.4, -0.2) is 5.91 Å². The lowest BCUT2D eigenvalue weighted by Crippen LogP contribution is -2.11. The molecular formula is C10H6FN3O. The lowest BCUT2D eigenvalue weighted by Gasteiger charge is -2.04. The van der Waals surface area contributed by atoms with E-state index in [1.807, 2.05) is 0 Å². The zero-order valence-corrected chi connectivity index (χ0v) is 7.62. The molecule has 0 heterocycles. The molecule has 0 spiro atoms. The minimum atomic E-state index is -0.702. The standard InChI is InChI=1S/C10H6FN3O/c11-8-2-1-3-9(7(8)6-13)14-10(15)4-5-12/h1-3H,4H2,(H,14,15). The summed E-state index contributed by atoms with van der Waals surface area (Å²) >= 11 is 0. The van der Waals surface area contributed by atoms with Crippen LogP contribution in [0.2, 0.25) is 0 Å². The molecule has 74 valence electrons. The van der Waals surface area contributed by atoms with E-state index < -0.39 is 11.7 Å². The summed E-state index contributed by atoms with van der Waals surface area (Å²) in [5, 5.41) is 19.2. The van der Waals surface area contributed by atoms with E-state index in [0.29, 0.717) is 0 Å². The molecule has 1 aromatic rings. The SMILES string of the molecule is N#CCC(=O)Nc1cccc(F)c1C#N. The average Bonchev–Trinajstić information content (AvgIpc) is 2.18. The molecule has 0 saturated heterocycles. The Bertz CT molecular complexity index is 471. The van der Waals surface area contributed by atoms with Gasteiger partial charge in [0.2, 0.25) is 5.91 Å². The highest BCUT2D eigenvalue weighted by atomic mass is 19.1. The third-order valence-electron chi connectivity index (χ3n) is 1.64. The molecule has 0 unspecified atom stereocenters. The number of hydrogen-bond acceptors (Lipinski definition) is 3. The number of hydrogen-bond donors (Lipinski definition) is 1. The Morgan fingerprint density at radius 3 is 2.80 bits per heavy atom. The second-order valence-electron chi connectivity index (χ2n) is 2.66. The molecule has 15 heavy (non-hydrogen) atoms. The summed E-state index contributed by atoms with van der Waals surface area (Å²) in [6.45, 7) is 0. The monoisotopic (exact) mass is 203 g/mol. The molecule has 0 radical (unpaired) electrons. The molecule has 5 heteroatoms. The van der Waals surface area contributed by atoms with Crippen molar-refractivity contribution in [1.29, 1.82) is 10.5 Å². The van der Waals surface area contributed by atoms with Crippen molar-refractivity contribution < 1.29 is 9.18 Å². The Labute approximate surface area is 85.6 Å². The number of rotatable bonds is 2. The molecule has 0 fully saturated rings. The van der Waals surface area contributed by atoms with Gasteiger partial charge in [0.1, 0.15) is 23.9 Å². The highest BCUT2D eigenvalue weighted by molar-refractivity contribution is 5.93. The molecular weight excluding hydrogens is 197 g/mol. The first-order chi connectivity index (χ1) is 7.19. The van der Waals surface area contributed by atoms with Gasteiger partial charge >= 0.3 is 0 Å². The molecule has 0 aliphatic carbocycles. The van der Waals surface area contributed by atoms with Gasteiger partial charge in [-0.1, -0.05) is 6.07 Å². The lowest BCUT2D eigenvalue weighted by atomic mass is 10.2. The second-order valence-corrected chi connectivity index (χ2v) is 2.66. The average molecular weight is 203 g/mol. The highest BCUT2D eigenvalue weighted by Gasteiger charge is 2.09. The van der Waals surface area contributed by atoms with E-state index in [0.717, 1.165) is 6.07 Å². The summed E-state index contributed by atoms with van der Waals surface area (Å²) in [6.07, 6.45) is -0.332. The van der Waals surface area contributed by atoms with Crippen LogP contribution in [0.15, 0.2) is 18.2 Å². The van der Waals surface area contributed by atoms with Gasteiger partial charge in [-0.05, 0) is 12.1 Å². The van der Waals surface area contributed by atoms with Crippen molar-refractivity contribution >= 4 is 11.6 Å². The molecule has 4 nitrogen and oxygen atoms in total. The first kappa shape index (κ1) is 10.7. The van der Waals surface area contributed by atoms with Crippen LogP contribution < -0.4 is 5.32 Å². The Morgan fingerprint density at radius 1 is 1.47 bits per heavy atom. The van der Waals surface area contributed by atoms with Crippen LogP contribution in [-0.2, 0) is 4.79 Å². The maximum atomic E-state index is 13.0. The number of nitrogens with zero attached hydrogens (tertiary/aromatic N) is 2. The Balaban J connectivity index is 2.97. The van der Waals surface area contributed by atoms with Gasteiger partial charge in [0.05, 0.1) is 11.8 Å². The van der Waals surface area contributed by atoms with E-state index in [2.05, 4.69) is 5.32 Å². The van der Waals surface area contributed by atoms with Crippen LogP contribution in [0.1, 0.15) is 12.0 Å². The van der Waals surface area contributed by atoms with E-state index in [1.54, 1.807) is 12.1 Å². The number of benzene rings is 1. The topological polar surface area (TPSA) is 76.7 Å². The molecule has 1 N–H and O–H groups in total. The number of carbonyl (C=O) groups is 1. The van der Waals surface area contributed by atoms with Crippen LogP contribution >= 0.6 is 0 Å². The van der Waals surface area contributed by atoms with Crippen molar-refractivity contribution in [1.82, 2.24) is 0 Å². The van der Waals surface area contributed by atoms with E-state index in [1.165, 1.54) is 12.1 Å². The van der Waals surface area contributed by atoms with Gasteiger partial charge in [0, 0.05) is 0 Å². The minimum absolute atomic E-state index is 0.0813. The zero-order chi connectivity index (χ0) is 11.3. The van der Waals surface area contributed by atoms with Crippen molar-refractivity contribution in [2.75, 3.05) is 5.32 Å². The van der Waals surface area contributed by atoms with Crippen molar-refractivity contribution in [3.8, 4) is 12.1 Å². The summed E-state index contributed by atoms with van der Waals surface area (Å²) in [5.74, 6) is -1.27.